The van der Waals surface area contributed by atoms with Gasteiger partial charge in [0.1, 0.15) is 11.9 Å². The number of ether oxygens (including phenoxy) is 1. The Kier molecular flexibility index (Phi) is 4.13. The second kappa shape index (κ2) is 6.04. The van der Waals surface area contributed by atoms with Gasteiger partial charge in [0, 0.05) is 17.0 Å². The molecule has 3 atom stereocenters. The number of rotatable bonds is 4. The second-order valence-corrected chi connectivity index (χ2v) is 5.87. The first-order valence-corrected chi connectivity index (χ1v) is 7.74. The van der Waals surface area contributed by atoms with E-state index in [1.54, 1.807) is 0 Å². The first-order valence-electron chi connectivity index (χ1n) is 7.74. The fraction of sp³-hybridized carbons (Fsp3) is 0.444. The molecule has 2 N–H and O–H groups in total. The van der Waals surface area contributed by atoms with Crippen molar-refractivity contribution in [3.8, 4) is 5.75 Å². The number of benzene rings is 2. The van der Waals surface area contributed by atoms with Gasteiger partial charge in [-0.3, -0.25) is 0 Å². The van der Waals surface area contributed by atoms with E-state index in [-0.39, 0.29) is 18.2 Å². The molecule has 3 unspecified atom stereocenters. The van der Waals surface area contributed by atoms with Crippen LogP contribution in [0.25, 0.3) is 10.8 Å². The van der Waals surface area contributed by atoms with Gasteiger partial charge in [-0.15, -0.1) is 0 Å². The zero-order valence-corrected chi connectivity index (χ0v) is 12.7. The fourth-order valence-electron chi connectivity index (χ4n) is 3.08. The maximum atomic E-state index is 10.1. The summed E-state index contributed by atoms with van der Waals surface area (Å²) < 4.78 is 6.26. The Morgan fingerprint density at radius 1 is 1.19 bits per heavy atom. The molecule has 1 fully saturated rings. The summed E-state index contributed by atoms with van der Waals surface area (Å²) in [7, 11) is 1.95. The molecule has 0 aliphatic heterocycles. The highest BCUT2D eigenvalue weighted by Crippen LogP contribution is 2.36. The van der Waals surface area contributed by atoms with Crippen LogP contribution in [0.15, 0.2) is 36.4 Å². The monoisotopic (exact) mass is 285 g/mol. The van der Waals surface area contributed by atoms with Crippen LogP contribution in [0.1, 0.15) is 37.8 Å². The number of aliphatic hydroxyl groups is 1. The molecule has 2 aromatic carbocycles. The predicted octanol–water partition coefficient (Wildman–Crippen LogP) is 3.41. The third-order valence-corrected chi connectivity index (χ3v) is 4.50. The minimum atomic E-state index is -0.346. The summed E-state index contributed by atoms with van der Waals surface area (Å²) in [6.45, 7) is 2.13. The lowest BCUT2D eigenvalue weighted by molar-refractivity contribution is 0.0605. The minimum Gasteiger partial charge on any atom is -0.487 e. The summed E-state index contributed by atoms with van der Waals surface area (Å²) in [4.78, 5) is 0. The second-order valence-electron chi connectivity index (χ2n) is 5.87. The molecule has 1 saturated carbocycles. The molecule has 0 bridgehead atoms. The predicted molar refractivity (Wildman–Crippen MR) is 85.7 cm³/mol. The van der Waals surface area contributed by atoms with Crippen LogP contribution in [0.5, 0.6) is 5.75 Å². The van der Waals surface area contributed by atoms with E-state index in [9.17, 15) is 5.11 Å². The first-order chi connectivity index (χ1) is 10.2. The summed E-state index contributed by atoms with van der Waals surface area (Å²) in [5.41, 5.74) is 1.15. The topological polar surface area (TPSA) is 41.5 Å². The highest BCUT2D eigenvalue weighted by atomic mass is 16.5. The van der Waals surface area contributed by atoms with Crippen LogP contribution in [-0.4, -0.2) is 24.4 Å². The Morgan fingerprint density at radius 2 is 2.00 bits per heavy atom. The van der Waals surface area contributed by atoms with Crippen LogP contribution >= 0.6 is 0 Å². The van der Waals surface area contributed by atoms with Crippen LogP contribution in [0.2, 0.25) is 0 Å². The van der Waals surface area contributed by atoms with Gasteiger partial charge >= 0.3 is 0 Å². The normalized spacial score (nSPS) is 23.4. The van der Waals surface area contributed by atoms with Crippen LogP contribution in [0.4, 0.5) is 0 Å². The van der Waals surface area contributed by atoms with E-state index in [4.69, 9.17) is 4.74 Å². The number of hydrogen-bond donors (Lipinski definition) is 2. The van der Waals surface area contributed by atoms with E-state index in [1.165, 1.54) is 5.39 Å². The number of aliphatic hydroxyl groups excluding tert-OH is 1. The van der Waals surface area contributed by atoms with Gasteiger partial charge in [-0.25, -0.2) is 0 Å². The zero-order valence-electron chi connectivity index (χ0n) is 12.7. The molecule has 3 heteroatoms. The van der Waals surface area contributed by atoms with E-state index >= 15 is 0 Å². The molecule has 2 aromatic rings. The lowest BCUT2D eigenvalue weighted by Gasteiger charge is -2.23. The molecule has 21 heavy (non-hydrogen) atoms. The lowest BCUT2D eigenvalue weighted by atomic mass is 10.0. The quantitative estimate of drug-likeness (QED) is 0.904. The molecular weight excluding hydrogens is 262 g/mol. The summed E-state index contributed by atoms with van der Waals surface area (Å²) in [6.07, 6.45) is 2.37. The van der Waals surface area contributed by atoms with Gasteiger partial charge < -0.3 is 15.2 Å². The molecule has 0 heterocycles. The van der Waals surface area contributed by atoms with Crippen molar-refractivity contribution in [1.29, 1.82) is 0 Å². The largest absolute Gasteiger partial charge is 0.487 e. The Morgan fingerprint density at radius 3 is 2.71 bits per heavy atom. The summed E-state index contributed by atoms with van der Waals surface area (Å²) in [5.74, 6) is 0.918. The Balaban J connectivity index is 2.07. The maximum Gasteiger partial charge on any atom is 0.132 e. The van der Waals surface area contributed by atoms with Crippen molar-refractivity contribution in [3.05, 3.63) is 42.0 Å². The smallest absolute Gasteiger partial charge is 0.132 e. The van der Waals surface area contributed by atoms with Crippen molar-refractivity contribution in [2.24, 2.45) is 0 Å². The standard InChI is InChI=1S/C18H23NO2/c1-12(19-2)14-11-10-13-6-3-4-7-15(13)18(14)21-17-9-5-8-16(17)20/h3-4,6-7,10-12,16-17,19-20H,5,8-9H2,1-2H3. The Bertz CT molecular complexity index is 626. The van der Waals surface area contributed by atoms with Crippen LogP contribution in [0, 0.1) is 0 Å². The molecule has 1 aliphatic rings. The molecule has 3 rings (SSSR count). The zero-order chi connectivity index (χ0) is 14.8. The van der Waals surface area contributed by atoms with Crippen LogP contribution < -0.4 is 10.1 Å². The molecule has 3 nitrogen and oxygen atoms in total. The first kappa shape index (κ1) is 14.4. The Labute approximate surface area is 125 Å². The summed E-state index contributed by atoms with van der Waals surface area (Å²) in [6, 6.07) is 12.7. The van der Waals surface area contributed by atoms with Crippen molar-refractivity contribution < 1.29 is 9.84 Å². The maximum absolute atomic E-state index is 10.1. The highest BCUT2D eigenvalue weighted by Gasteiger charge is 2.28. The van der Waals surface area contributed by atoms with E-state index in [0.29, 0.717) is 0 Å². The van der Waals surface area contributed by atoms with Gasteiger partial charge in [0.2, 0.25) is 0 Å². The van der Waals surface area contributed by atoms with Crippen molar-refractivity contribution in [1.82, 2.24) is 5.32 Å². The lowest BCUT2D eigenvalue weighted by Crippen LogP contribution is -2.27. The SMILES string of the molecule is CNC(C)c1ccc2ccccc2c1OC1CCCC1O. The number of nitrogens with one attached hydrogen (secondary N) is 1. The average Bonchev–Trinajstić information content (AvgIpc) is 2.92. The molecule has 0 saturated heterocycles. The van der Waals surface area contributed by atoms with E-state index in [2.05, 4.69) is 36.5 Å². The molecule has 0 radical (unpaired) electrons. The van der Waals surface area contributed by atoms with Crippen molar-refractivity contribution in [3.63, 3.8) is 0 Å². The minimum absolute atomic E-state index is 0.0846. The van der Waals surface area contributed by atoms with Gasteiger partial charge in [-0.1, -0.05) is 36.4 Å². The molecule has 0 aromatic heterocycles. The summed E-state index contributed by atoms with van der Waals surface area (Å²) >= 11 is 0. The van der Waals surface area contributed by atoms with Gasteiger partial charge in [0.25, 0.3) is 0 Å². The van der Waals surface area contributed by atoms with Crippen LogP contribution in [0.3, 0.4) is 0 Å². The van der Waals surface area contributed by atoms with Crippen molar-refractivity contribution >= 4 is 10.8 Å². The Hall–Kier alpha value is -1.58. The van der Waals surface area contributed by atoms with Crippen LogP contribution in [-0.2, 0) is 0 Å². The van der Waals surface area contributed by atoms with Crippen molar-refractivity contribution in [2.45, 2.75) is 44.4 Å². The number of fused-ring (bicyclic) bond motifs is 1. The molecular formula is C18H23NO2. The number of hydrogen-bond acceptors (Lipinski definition) is 3. The molecule has 0 amide bonds. The van der Waals surface area contributed by atoms with Gasteiger partial charge in [0.05, 0.1) is 6.10 Å². The third-order valence-electron chi connectivity index (χ3n) is 4.50. The van der Waals surface area contributed by atoms with Gasteiger partial charge in [-0.05, 0) is 38.6 Å². The van der Waals surface area contributed by atoms with Gasteiger partial charge in [-0.2, -0.15) is 0 Å². The molecule has 112 valence electrons. The fourth-order valence-corrected chi connectivity index (χ4v) is 3.08. The van der Waals surface area contributed by atoms with Gasteiger partial charge in [0.15, 0.2) is 0 Å². The molecule has 0 spiro atoms. The molecule has 1 aliphatic carbocycles. The van der Waals surface area contributed by atoms with E-state index in [0.717, 1.165) is 36.0 Å². The average molecular weight is 285 g/mol. The highest BCUT2D eigenvalue weighted by molar-refractivity contribution is 5.89. The van der Waals surface area contributed by atoms with E-state index < -0.39 is 0 Å². The summed E-state index contributed by atoms with van der Waals surface area (Å²) in [5, 5.41) is 15.6. The van der Waals surface area contributed by atoms with Crippen molar-refractivity contribution in [2.75, 3.05) is 7.05 Å². The third kappa shape index (κ3) is 2.76. The van der Waals surface area contributed by atoms with E-state index in [1.807, 2.05) is 19.2 Å².